The quantitative estimate of drug-likeness (QED) is 0.676. The smallest absolute Gasteiger partial charge is 0.255 e. The molecule has 29 heavy (non-hydrogen) atoms. The van der Waals surface area contributed by atoms with E-state index in [9.17, 15) is 14.4 Å². The van der Waals surface area contributed by atoms with E-state index in [4.69, 9.17) is 16.3 Å². The Morgan fingerprint density at radius 1 is 0.966 bits per heavy atom. The molecule has 0 bridgehead atoms. The minimum atomic E-state index is -0.114. The van der Waals surface area contributed by atoms with Crippen molar-refractivity contribution in [3.05, 3.63) is 34.3 Å². The average molecular weight is 421 g/mol. The molecule has 0 unspecified atom stereocenters. The Kier molecular flexibility index (Phi) is 6.15. The van der Waals surface area contributed by atoms with Crippen LogP contribution in [0.15, 0.2) is 18.2 Å². The van der Waals surface area contributed by atoms with Crippen LogP contribution >= 0.6 is 11.6 Å². The van der Waals surface area contributed by atoms with Crippen molar-refractivity contribution >= 4 is 29.3 Å². The number of halogens is 1. The van der Waals surface area contributed by atoms with Gasteiger partial charge in [0.05, 0.1) is 23.8 Å². The molecule has 1 aromatic rings. The number of amides is 3. The fourth-order valence-corrected chi connectivity index (χ4v) is 4.36. The first kappa shape index (κ1) is 20.3. The number of nitrogens with zero attached hydrogens (tertiary/aromatic N) is 4. The van der Waals surface area contributed by atoms with E-state index < -0.39 is 0 Å². The summed E-state index contributed by atoms with van der Waals surface area (Å²) in [7, 11) is 0. The van der Waals surface area contributed by atoms with Crippen molar-refractivity contribution in [1.29, 1.82) is 0 Å². The highest BCUT2D eigenvalue weighted by molar-refractivity contribution is 6.34. The Labute approximate surface area is 174 Å². The molecule has 4 rings (SSSR count). The summed E-state index contributed by atoms with van der Waals surface area (Å²) < 4.78 is 5.34. The second-order valence-corrected chi connectivity index (χ2v) is 7.91. The van der Waals surface area contributed by atoms with Crippen LogP contribution in [0.2, 0.25) is 5.02 Å². The molecule has 3 amide bonds. The first-order chi connectivity index (χ1) is 14.0. The minimum Gasteiger partial charge on any atom is -0.378 e. The maximum atomic E-state index is 13.1. The minimum absolute atomic E-state index is 0.0548. The molecule has 156 valence electrons. The Morgan fingerprint density at radius 2 is 1.62 bits per heavy atom. The Hall–Kier alpha value is -2.00. The molecule has 0 spiro atoms. The number of ether oxygens (including phenoxy) is 1. The van der Waals surface area contributed by atoms with Crippen molar-refractivity contribution in [2.45, 2.75) is 19.4 Å². The number of piperazine rings is 1. The number of morpholine rings is 1. The molecule has 0 aromatic heterocycles. The van der Waals surface area contributed by atoms with E-state index in [0.717, 1.165) is 5.56 Å². The highest BCUT2D eigenvalue weighted by Crippen LogP contribution is 2.25. The normalized spacial score (nSPS) is 21.8. The van der Waals surface area contributed by atoms with Crippen LogP contribution in [0.3, 0.4) is 0 Å². The number of benzene rings is 1. The van der Waals surface area contributed by atoms with Crippen LogP contribution in [0, 0.1) is 0 Å². The molecule has 0 aliphatic carbocycles. The lowest BCUT2D eigenvalue weighted by molar-refractivity contribution is -0.160. The Bertz CT molecular complexity index is 788. The highest BCUT2D eigenvalue weighted by atomic mass is 35.5. The molecular weight excluding hydrogens is 396 g/mol. The molecule has 9 heteroatoms. The van der Waals surface area contributed by atoms with Gasteiger partial charge in [0.2, 0.25) is 11.8 Å². The summed E-state index contributed by atoms with van der Waals surface area (Å²) in [5.41, 5.74) is 1.46. The molecule has 3 aliphatic heterocycles. The van der Waals surface area contributed by atoms with Crippen LogP contribution in [-0.4, -0.2) is 90.0 Å². The van der Waals surface area contributed by atoms with E-state index >= 15 is 0 Å². The molecule has 3 heterocycles. The zero-order chi connectivity index (χ0) is 20.4. The number of imide groups is 1. The number of carbonyl (C=O) groups is 3. The molecule has 0 N–H and O–H groups in total. The molecule has 0 atom stereocenters. The van der Waals surface area contributed by atoms with E-state index in [0.29, 0.717) is 82.5 Å². The third-order valence-corrected chi connectivity index (χ3v) is 5.98. The van der Waals surface area contributed by atoms with Crippen LogP contribution in [0.1, 0.15) is 28.8 Å². The summed E-state index contributed by atoms with van der Waals surface area (Å²) >= 11 is 6.42. The summed E-state index contributed by atoms with van der Waals surface area (Å²) in [5.74, 6) is -0.283. The monoisotopic (exact) mass is 420 g/mol. The summed E-state index contributed by atoms with van der Waals surface area (Å²) in [4.78, 5) is 41.0. The lowest BCUT2D eigenvalue weighted by Gasteiger charge is -2.38. The topological polar surface area (TPSA) is 73.4 Å². The van der Waals surface area contributed by atoms with E-state index in [-0.39, 0.29) is 17.7 Å². The molecule has 3 aliphatic rings. The predicted octanol–water partition coefficient (Wildman–Crippen LogP) is 0.994. The predicted molar refractivity (Wildman–Crippen MR) is 106 cm³/mol. The zero-order valence-electron chi connectivity index (χ0n) is 16.3. The molecule has 3 fully saturated rings. The molecule has 1 aromatic carbocycles. The number of rotatable bonds is 4. The van der Waals surface area contributed by atoms with Crippen LogP contribution in [0.25, 0.3) is 0 Å². The number of hydrogen-bond acceptors (Lipinski definition) is 6. The summed E-state index contributed by atoms with van der Waals surface area (Å²) in [6.45, 7) is 5.43. The van der Waals surface area contributed by atoms with Gasteiger partial charge in [-0.2, -0.15) is 0 Å². The largest absolute Gasteiger partial charge is 0.378 e. The zero-order valence-corrected chi connectivity index (χ0v) is 17.1. The van der Waals surface area contributed by atoms with Crippen LogP contribution < -0.4 is 0 Å². The van der Waals surface area contributed by atoms with Gasteiger partial charge < -0.3 is 9.64 Å². The van der Waals surface area contributed by atoms with Crippen LogP contribution in [0.4, 0.5) is 0 Å². The number of carbonyl (C=O) groups excluding carboxylic acids is 3. The SMILES string of the molecule is O=C(c1c(Cl)cccc1CN1CCN(N2C(=O)CCC2=O)CC1)N1CCOCC1. The number of hydrogen-bond donors (Lipinski definition) is 0. The van der Waals surface area contributed by atoms with Gasteiger partial charge in [-0.15, -0.1) is 0 Å². The average Bonchev–Trinajstić information content (AvgIpc) is 3.07. The maximum Gasteiger partial charge on any atom is 0.255 e. The molecule has 3 saturated heterocycles. The fourth-order valence-electron chi connectivity index (χ4n) is 4.08. The molecule has 8 nitrogen and oxygen atoms in total. The van der Waals surface area contributed by atoms with Gasteiger partial charge in [0, 0.05) is 58.7 Å². The van der Waals surface area contributed by atoms with Crippen LogP contribution in [-0.2, 0) is 20.9 Å². The van der Waals surface area contributed by atoms with Gasteiger partial charge in [-0.05, 0) is 11.6 Å². The van der Waals surface area contributed by atoms with E-state index in [1.807, 2.05) is 17.1 Å². The van der Waals surface area contributed by atoms with E-state index in [1.54, 1.807) is 11.0 Å². The van der Waals surface area contributed by atoms with E-state index in [1.165, 1.54) is 5.01 Å². The Morgan fingerprint density at radius 3 is 2.28 bits per heavy atom. The second-order valence-electron chi connectivity index (χ2n) is 7.51. The van der Waals surface area contributed by atoms with E-state index in [2.05, 4.69) is 4.90 Å². The van der Waals surface area contributed by atoms with Crippen molar-refractivity contribution < 1.29 is 19.1 Å². The van der Waals surface area contributed by atoms with Gasteiger partial charge in [0.15, 0.2) is 0 Å². The second kappa shape index (κ2) is 8.79. The van der Waals surface area contributed by atoms with Crippen molar-refractivity contribution in [3.63, 3.8) is 0 Å². The van der Waals surface area contributed by atoms with Crippen molar-refractivity contribution in [2.24, 2.45) is 0 Å². The lowest BCUT2D eigenvalue weighted by Crippen LogP contribution is -2.55. The lowest BCUT2D eigenvalue weighted by atomic mass is 10.0. The van der Waals surface area contributed by atoms with Crippen molar-refractivity contribution in [1.82, 2.24) is 19.8 Å². The summed E-state index contributed by atoms with van der Waals surface area (Å²) in [5, 5.41) is 3.61. The third kappa shape index (κ3) is 4.30. The fraction of sp³-hybridized carbons (Fsp3) is 0.550. The number of hydrazine groups is 1. The maximum absolute atomic E-state index is 13.1. The van der Waals surface area contributed by atoms with Gasteiger partial charge in [-0.25, -0.2) is 10.0 Å². The third-order valence-electron chi connectivity index (χ3n) is 5.66. The standard InChI is InChI=1S/C20H25ClN4O4/c21-16-3-1-2-15(19(16)20(28)23-10-12-29-13-11-23)14-22-6-8-24(9-7-22)25-17(26)4-5-18(25)27/h1-3H,4-14H2. The highest BCUT2D eigenvalue weighted by Gasteiger charge is 2.35. The van der Waals surface area contributed by atoms with Gasteiger partial charge in [0.1, 0.15) is 0 Å². The van der Waals surface area contributed by atoms with Gasteiger partial charge in [-0.3, -0.25) is 19.3 Å². The van der Waals surface area contributed by atoms with Crippen molar-refractivity contribution in [2.75, 3.05) is 52.5 Å². The molecular formula is C20H25ClN4O4. The first-order valence-electron chi connectivity index (χ1n) is 10.0. The molecule has 0 radical (unpaired) electrons. The summed E-state index contributed by atoms with van der Waals surface area (Å²) in [6.07, 6.45) is 0.600. The Balaban J connectivity index is 1.42. The molecule has 0 saturated carbocycles. The van der Waals surface area contributed by atoms with Gasteiger partial charge in [-0.1, -0.05) is 23.7 Å². The van der Waals surface area contributed by atoms with Gasteiger partial charge in [0.25, 0.3) is 5.91 Å². The van der Waals surface area contributed by atoms with Crippen LogP contribution in [0.5, 0.6) is 0 Å². The van der Waals surface area contributed by atoms with Gasteiger partial charge >= 0.3 is 0 Å². The van der Waals surface area contributed by atoms with Crippen molar-refractivity contribution in [3.8, 4) is 0 Å². The first-order valence-corrected chi connectivity index (χ1v) is 10.4. The summed E-state index contributed by atoms with van der Waals surface area (Å²) in [6, 6.07) is 5.56.